The van der Waals surface area contributed by atoms with Gasteiger partial charge in [-0.05, 0) is 79.9 Å². The van der Waals surface area contributed by atoms with E-state index in [0.29, 0.717) is 12.8 Å². The van der Waals surface area contributed by atoms with Crippen molar-refractivity contribution in [2.24, 2.45) is 28.6 Å². The fraction of sp³-hybridized carbons (Fsp3) is 0.895. The van der Waals surface area contributed by atoms with Gasteiger partial charge in [0, 0.05) is 5.48 Å². The first-order valence-corrected chi connectivity index (χ1v) is 10.4. The van der Waals surface area contributed by atoms with Crippen molar-refractivity contribution in [1.29, 1.82) is 0 Å². The summed E-state index contributed by atoms with van der Waals surface area (Å²) < 4.78 is 80.5. The van der Waals surface area contributed by atoms with Crippen LogP contribution in [0, 0.1) is 28.6 Å². The third kappa shape index (κ3) is 3.38. The molecule has 142 valence electrons. The number of aliphatic hydroxyl groups excluding tert-OH is 1. The summed E-state index contributed by atoms with van der Waals surface area (Å²) in [6.45, 7) is 3.90. The quantitative estimate of drug-likeness (QED) is 0.310. The van der Waals surface area contributed by atoms with Crippen LogP contribution in [0.4, 0.5) is 0 Å². The van der Waals surface area contributed by atoms with Crippen LogP contribution < -0.4 is 29.6 Å². The van der Waals surface area contributed by atoms with Gasteiger partial charge in [-0.1, -0.05) is 25.5 Å². The minimum absolute atomic E-state index is 0. The van der Waals surface area contributed by atoms with E-state index < -0.39 is 34.6 Å². The number of rotatable bonds is 2. The predicted octanol–water partition coefficient (Wildman–Crippen LogP) is 0.159. The molecule has 7 atom stereocenters. The molecule has 0 radical (unpaired) electrons. The largest absolute Gasteiger partial charge is 1.00 e. The van der Waals surface area contributed by atoms with Gasteiger partial charge in [-0.15, -0.1) is 0 Å². The smallest absolute Gasteiger partial charge is 0.726 e. The zero-order chi connectivity index (χ0) is 22.5. The van der Waals surface area contributed by atoms with Gasteiger partial charge in [-0.3, -0.25) is 4.18 Å². The van der Waals surface area contributed by atoms with Crippen molar-refractivity contribution in [3.63, 3.8) is 0 Å². The van der Waals surface area contributed by atoms with Gasteiger partial charge < -0.3 is 9.66 Å². The first kappa shape index (κ1) is 15.4. The second-order valence-corrected chi connectivity index (χ2v) is 9.57. The molecule has 3 fully saturated rings. The van der Waals surface area contributed by atoms with Gasteiger partial charge in [0.1, 0.15) is 0 Å². The molecule has 26 heavy (non-hydrogen) atoms. The van der Waals surface area contributed by atoms with E-state index in [-0.39, 0.29) is 70.8 Å². The van der Waals surface area contributed by atoms with E-state index in [9.17, 15) is 18.1 Å². The third-order valence-corrected chi connectivity index (χ3v) is 7.84. The Morgan fingerprint density at radius 3 is 2.73 bits per heavy atom. The van der Waals surface area contributed by atoms with Crippen LogP contribution in [0.1, 0.15) is 72.0 Å². The van der Waals surface area contributed by atoms with Crippen LogP contribution >= 0.6 is 0 Å². The van der Waals surface area contributed by atoms with E-state index in [2.05, 4.69) is 11.1 Å². The Hall–Kier alpha value is 0.570. The van der Waals surface area contributed by atoms with E-state index in [4.69, 9.17) is 6.85 Å². The molecule has 5 nitrogen and oxygen atoms in total. The third-order valence-electron chi connectivity index (χ3n) is 7.46. The molecule has 0 unspecified atom stereocenters. The standard InChI is InChI=1S/C19H30O5S.Na/c1-18-9-7-13(24-25(21,22)23)11-12(18)3-4-14-15-5-6-17(20)19(15,2)10-8-16(14)18;/h3,13-17,20H,4-11H2,1-2H3,(H,21,22,23);/q;+1/p-1/t13-,14-,15-,16-,17-,18-,19-;/m0./s1/i7D2,11D2,13D;. The van der Waals surface area contributed by atoms with Crippen molar-refractivity contribution in [2.45, 2.75) is 77.3 Å². The van der Waals surface area contributed by atoms with Crippen LogP contribution in [0.25, 0.3) is 0 Å². The predicted molar refractivity (Wildman–Crippen MR) is 92.3 cm³/mol. The van der Waals surface area contributed by atoms with Crippen LogP contribution in [-0.2, 0) is 14.6 Å². The normalized spacial score (nSPS) is 57.4. The van der Waals surface area contributed by atoms with Crippen LogP contribution in [0.15, 0.2) is 11.6 Å². The molecule has 4 aliphatic rings. The molecular weight excluding hydrogens is 363 g/mol. The van der Waals surface area contributed by atoms with Gasteiger partial charge in [0.2, 0.25) is 10.4 Å². The van der Waals surface area contributed by atoms with Gasteiger partial charge in [-0.25, -0.2) is 8.42 Å². The Labute approximate surface area is 186 Å². The van der Waals surface area contributed by atoms with Gasteiger partial charge in [0.15, 0.2) is 0 Å². The second-order valence-electron chi connectivity index (χ2n) is 8.58. The summed E-state index contributed by atoms with van der Waals surface area (Å²) in [4.78, 5) is 0. The number of allylic oxidation sites excluding steroid dienone is 1. The summed E-state index contributed by atoms with van der Waals surface area (Å²) >= 11 is 0. The van der Waals surface area contributed by atoms with Crippen LogP contribution in [0.3, 0.4) is 0 Å². The molecule has 0 aromatic heterocycles. The topological polar surface area (TPSA) is 86.7 Å². The van der Waals surface area contributed by atoms with Crippen molar-refractivity contribution < 1.29 is 58.7 Å². The molecule has 0 aromatic rings. The molecule has 0 amide bonds. The Balaban J connectivity index is 0.00000272. The number of fused-ring (bicyclic) bond motifs is 5. The summed E-state index contributed by atoms with van der Waals surface area (Å²) in [5.74, 6) is 0.349. The van der Waals surface area contributed by atoms with Gasteiger partial charge in [-0.2, -0.15) is 0 Å². The molecule has 4 aliphatic carbocycles. The van der Waals surface area contributed by atoms with Crippen LogP contribution in [0.5, 0.6) is 0 Å². The number of hydrogen-bond donors (Lipinski definition) is 1. The van der Waals surface area contributed by atoms with Crippen molar-refractivity contribution in [3.8, 4) is 0 Å². The maximum absolute atomic E-state index is 11.3. The minimum Gasteiger partial charge on any atom is -0.726 e. The summed E-state index contributed by atoms with van der Waals surface area (Å²) in [5, 5.41) is 10.6. The van der Waals surface area contributed by atoms with E-state index in [1.54, 1.807) is 13.0 Å². The molecule has 0 saturated heterocycles. The fourth-order valence-electron chi connectivity index (χ4n) is 6.07. The van der Waals surface area contributed by atoms with Gasteiger partial charge in [0.25, 0.3) is 0 Å². The zero-order valence-electron chi connectivity index (χ0n) is 20.6. The van der Waals surface area contributed by atoms with Crippen LogP contribution in [-0.4, -0.2) is 30.3 Å². The summed E-state index contributed by atoms with van der Waals surface area (Å²) in [6, 6.07) is 0. The molecule has 0 heterocycles. The van der Waals surface area contributed by atoms with E-state index in [1.165, 1.54) is 0 Å². The first-order chi connectivity index (χ1) is 13.5. The second kappa shape index (κ2) is 7.12. The molecule has 7 heteroatoms. The van der Waals surface area contributed by atoms with E-state index in [1.807, 2.05) is 0 Å². The summed E-state index contributed by atoms with van der Waals surface area (Å²) in [7, 11) is -5.50. The van der Waals surface area contributed by atoms with Gasteiger partial charge >= 0.3 is 29.6 Å². The Morgan fingerprint density at radius 2 is 2.04 bits per heavy atom. The molecule has 4 rings (SSSR count). The van der Waals surface area contributed by atoms with Crippen molar-refractivity contribution in [1.82, 2.24) is 0 Å². The SMILES string of the molecule is [2H]C1([2H])C[C@@]2(C)C(=CC[C@H]3[C@@H]4CC[C@H](O)[C@@]4(C)CC[C@@H]32)C([2H])([2H])[C@@]1([2H])OS(=O)(=O)[O-].[Na+]. The maximum atomic E-state index is 11.3. The molecule has 3 saturated carbocycles. The molecule has 0 aromatic carbocycles. The summed E-state index contributed by atoms with van der Waals surface area (Å²) in [6.07, 6.45) is -4.15. The van der Waals surface area contributed by atoms with Crippen molar-refractivity contribution in [2.75, 3.05) is 0 Å². The molecule has 0 aliphatic heterocycles. The maximum Gasteiger partial charge on any atom is 1.00 e. The Morgan fingerprint density at radius 1 is 1.31 bits per heavy atom. The zero-order valence-corrected chi connectivity index (χ0v) is 18.4. The number of aliphatic hydroxyl groups is 1. The van der Waals surface area contributed by atoms with Crippen molar-refractivity contribution in [3.05, 3.63) is 11.6 Å². The van der Waals surface area contributed by atoms with Crippen LogP contribution in [0.2, 0.25) is 0 Å². The summed E-state index contributed by atoms with van der Waals surface area (Å²) in [5.41, 5.74) is -0.980. The minimum atomic E-state index is -5.50. The molecular formula is C19H29NaO5S. The van der Waals surface area contributed by atoms with E-state index in [0.717, 1.165) is 19.3 Å². The fourth-order valence-corrected chi connectivity index (χ4v) is 6.37. The monoisotopic (exact) mass is 397 g/mol. The van der Waals surface area contributed by atoms with Crippen molar-refractivity contribution >= 4 is 10.4 Å². The van der Waals surface area contributed by atoms with Gasteiger partial charge in [0.05, 0.1) is 13.6 Å². The average molecular weight is 398 g/mol. The Bertz CT molecular complexity index is 898. The Kier molecular flexibility index (Phi) is 4.22. The number of hydrogen-bond acceptors (Lipinski definition) is 5. The van der Waals surface area contributed by atoms with E-state index >= 15 is 0 Å². The first-order valence-electron chi connectivity index (χ1n) is 11.6. The molecule has 1 N–H and O–H groups in total. The molecule has 0 bridgehead atoms. The average Bonchev–Trinajstić information content (AvgIpc) is 2.87. The molecule has 0 spiro atoms.